The summed E-state index contributed by atoms with van der Waals surface area (Å²) >= 11 is 0. The van der Waals surface area contributed by atoms with Gasteiger partial charge in [-0.2, -0.15) is 0 Å². The van der Waals surface area contributed by atoms with E-state index in [-0.39, 0.29) is 0 Å². The van der Waals surface area contributed by atoms with Gasteiger partial charge in [-0.05, 0) is 65.0 Å². The van der Waals surface area contributed by atoms with Gasteiger partial charge in [0, 0.05) is 0 Å². The lowest BCUT2D eigenvalue weighted by molar-refractivity contribution is 0.278. The Balaban J connectivity index is 0. The molecular formula is C10H29BN4O3. The average Bonchev–Trinajstić information content (AvgIpc) is 2.31. The van der Waals surface area contributed by atoms with E-state index in [4.69, 9.17) is 26.5 Å². The fourth-order valence-electron chi connectivity index (χ4n) is 1.20. The van der Waals surface area contributed by atoms with E-state index in [1.54, 1.807) is 0 Å². The molecular weight excluding hydrogens is 235 g/mol. The first kappa shape index (κ1) is 20.1. The summed E-state index contributed by atoms with van der Waals surface area (Å²) in [5.74, 6) is 0. The molecule has 0 saturated carbocycles. The molecule has 0 atom stereocenters. The molecule has 0 spiro atoms. The topological polar surface area (TPSA) is 137 Å². The number of hydrogen-bond donors (Lipinski definition) is 7. The number of nitrogens with one attached hydrogen (secondary N) is 2. The zero-order chi connectivity index (χ0) is 14.1. The normalized spacial score (nSPS) is 9.83. The standard InChI is InChI=1S/C10H26N4.BH3O3/c11-5-3-9-13-7-1-2-8-14-10-4-6-12;2-1(3)4/h13-14H,1-12H2;2-4H. The molecule has 18 heavy (non-hydrogen) atoms. The highest BCUT2D eigenvalue weighted by Gasteiger charge is 1.92. The van der Waals surface area contributed by atoms with E-state index in [9.17, 15) is 0 Å². The van der Waals surface area contributed by atoms with Gasteiger partial charge in [-0.15, -0.1) is 0 Å². The Labute approximate surface area is 110 Å². The van der Waals surface area contributed by atoms with Crippen LogP contribution >= 0.6 is 0 Å². The molecule has 0 aliphatic rings. The van der Waals surface area contributed by atoms with Gasteiger partial charge in [0.1, 0.15) is 0 Å². The van der Waals surface area contributed by atoms with Gasteiger partial charge in [-0.1, -0.05) is 0 Å². The highest BCUT2D eigenvalue weighted by molar-refractivity contribution is 6.30. The highest BCUT2D eigenvalue weighted by Crippen LogP contribution is 1.84. The summed E-state index contributed by atoms with van der Waals surface area (Å²) in [4.78, 5) is 0. The van der Waals surface area contributed by atoms with E-state index in [2.05, 4.69) is 10.6 Å². The van der Waals surface area contributed by atoms with Gasteiger partial charge in [-0.3, -0.25) is 0 Å². The second-order valence-electron chi connectivity index (χ2n) is 3.84. The monoisotopic (exact) mass is 264 g/mol. The Kier molecular flexibility index (Phi) is 21.4. The summed E-state index contributed by atoms with van der Waals surface area (Å²) in [5, 5.41) is 28.2. The Bertz CT molecular complexity index is 130. The first-order valence-corrected chi connectivity index (χ1v) is 6.51. The summed E-state index contributed by atoms with van der Waals surface area (Å²) in [5.41, 5.74) is 10.8. The van der Waals surface area contributed by atoms with Crippen LogP contribution in [0.15, 0.2) is 0 Å². The van der Waals surface area contributed by atoms with Crippen molar-refractivity contribution < 1.29 is 15.1 Å². The molecule has 0 rings (SSSR count). The van der Waals surface area contributed by atoms with Crippen LogP contribution in [0.3, 0.4) is 0 Å². The van der Waals surface area contributed by atoms with E-state index >= 15 is 0 Å². The molecule has 7 nitrogen and oxygen atoms in total. The van der Waals surface area contributed by atoms with Crippen molar-refractivity contribution in [1.29, 1.82) is 0 Å². The van der Waals surface area contributed by atoms with Crippen molar-refractivity contribution in [3.05, 3.63) is 0 Å². The van der Waals surface area contributed by atoms with Gasteiger partial charge in [0.05, 0.1) is 0 Å². The van der Waals surface area contributed by atoms with Gasteiger partial charge in [0.15, 0.2) is 0 Å². The molecule has 0 aliphatic carbocycles. The van der Waals surface area contributed by atoms with Crippen molar-refractivity contribution in [2.45, 2.75) is 25.7 Å². The second kappa shape index (κ2) is 19.1. The second-order valence-corrected chi connectivity index (χ2v) is 3.84. The SMILES string of the molecule is NCCCNCCCCNCCCN.OB(O)O. The Hall–Kier alpha value is -0.215. The van der Waals surface area contributed by atoms with Crippen molar-refractivity contribution in [2.24, 2.45) is 11.5 Å². The minimum Gasteiger partial charge on any atom is -0.402 e. The molecule has 0 heterocycles. The number of hydrogen-bond acceptors (Lipinski definition) is 7. The average molecular weight is 264 g/mol. The number of nitrogens with two attached hydrogens (primary N) is 2. The smallest absolute Gasteiger partial charge is 0.402 e. The van der Waals surface area contributed by atoms with Crippen LogP contribution in [0.25, 0.3) is 0 Å². The summed E-state index contributed by atoms with van der Waals surface area (Å²) in [6.45, 7) is 5.90. The minimum absolute atomic E-state index is 0.785. The third kappa shape index (κ3) is 29.7. The molecule has 0 aromatic heterocycles. The third-order valence-electron chi connectivity index (χ3n) is 2.07. The maximum Gasteiger partial charge on any atom is 0.631 e. The van der Waals surface area contributed by atoms with Crippen molar-refractivity contribution in [1.82, 2.24) is 10.6 Å². The molecule has 8 heteroatoms. The molecule has 0 aliphatic heterocycles. The van der Waals surface area contributed by atoms with Gasteiger partial charge in [0.25, 0.3) is 0 Å². The molecule has 0 saturated heterocycles. The fourth-order valence-corrected chi connectivity index (χ4v) is 1.20. The van der Waals surface area contributed by atoms with Crippen LogP contribution in [0, 0.1) is 0 Å². The third-order valence-corrected chi connectivity index (χ3v) is 2.07. The summed E-state index contributed by atoms with van der Waals surface area (Å²) < 4.78 is 0. The zero-order valence-electron chi connectivity index (χ0n) is 11.1. The molecule has 0 aromatic rings. The van der Waals surface area contributed by atoms with Gasteiger partial charge >= 0.3 is 7.32 Å². The lowest BCUT2D eigenvalue weighted by atomic mass is 10.3. The Morgan fingerprint density at radius 1 is 0.667 bits per heavy atom. The van der Waals surface area contributed by atoms with Crippen molar-refractivity contribution in [3.63, 3.8) is 0 Å². The summed E-state index contributed by atoms with van der Waals surface area (Å²) in [6, 6.07) is 0. The predicted molar refractivity (Wildman–Crippen MR) is 74.7 cm³/mol. The Morgan fingerprint density at radius 2 is 0.944 bits per heavy atom. The molecule has 110 valence electrons. The quantitative estimate of drug-likeness (QED) is 0.163. The molecule has 0 aromatic carbocycles. The summed E-state index contributed by atoms with van der Waals surface area (Å²) in [7, 11) is -2.17. The van der Waals surface area contributed by atoms with E-state index in [0.29, 0.717) is 0 Å². The highest BCUT2D eigenvalue weighted by atomic mass is 16.5. The van der Waals surface area contributed by atoms with Crippen molar-refractivity contribution in [2.75, 3.05) is 39.3 Å². The van der Waals surface area contributed by atoms with Crippen LogP contribution in [0.4, 0.5) is 0 Å². The van der Waals surface area contributed by atoms with Gasteiger partial charge < -0.3 is 37.2 Å². The van der Waals surface area contributed by atoms with Crippen LogP contribution < -0.4 is 22.1 Å². The minimum atomic E-state index is -2.17. The lowest BCUT2D eigenvalue weighted by Gasteiger charge is -2.04. The predicted octanol–water partition coefficient (Wildman–Crippen LogP) is -2.41. The zero-order valence-corrected chi connectivity index (χ0v) is 11.1. The van der Waals surface area contributed by atoms with E-state index in [1.165, 1.54) is 12.8 Å². The largest absolute Gasteiger partial charge is 0.631 e. The first-order valence-electron chi connectivity index (χ1n) is 6.51. The lowest BCUT2D eigenvalue weighted by Crippen LogP contribution is -2.22. The van der Waals surface area contributed by atoms with Gasteiger partial charge in [-0.25, -0.2) is 0 Å². The van der Waals surface area contributed by atoms with Gasteiger partial charge in [0.2, 0.25) is 0 Å². The maximum absolute atomic E-state index is 7.17. The van der Waals surface area contributed by atoms with Crippen LogP contribution in [0.2, 0.25) is 0 Å². The van der Waals surface area contributed by atoms with Crippen molar-refractivity contribution >= 4 is 7.32 Å². The molecule has 0 radical (unpaired) electrons. The molecule has 0 unspecified atom stereocenters. The maximum atomic E-state index is 7.17. The van der Waals surface area contributed by atoms with E-state index in [0.717, 1.165) is 52.1 Å². The molecule has 0 fully saturated rings. The molecule has 9 N–H and O–H groups in total. The van der Waals surface area contributed by atoms with Crippen LogP contribution in [0.1, 0.15) is 25.7 Å². The van der Waals surface area contributed by atoms with Crippen LogP contribution in [-0.2, 0) is 0 Å². The molecule has 0 bridgehead atoms. The van der Waals surface area contributed by atoms with Crippen LogP contribution in [0.5, 0.6) is 0 Å². The first-order chi connectivity index (χ1) is 8.65. The van der Waals surface area contributed by atoms with Crippen LogP contribution in [-0.4, -0.2) is 61.7 Å². The van der Waals surface area contributed by atoms with E-state index < -0.39 is 7.32 Å². The molecule has 0 amide bonds. The Morgan fingerprint density at radius 3 is 1.22 bits per heavy atom. The fraction of sp³-hybridized carbons (Fsp3) is 1.00. The summed E-state index contributed by atoms with van der Waals surface area (Å²) in [6.07, 6.45) is 4.63. The number of rotatable bonds is 11. The van der Waals surface area contributed by atoms with Crippen molar-refractivity contribution in [3.8, 4) is 0 Å². The number of unbranched alkanes of at least 4 members (excludes halogenated alkanes) is 1. The van der Waals surface area contributed by atoms with E-state index in [1.807, 2.05) is 0 Å².